The fourth-order valence-electron chi connectivity index (χ4n) is 2.91. The highest BCUT2D eigenvalue weighted by Gasteiger charge is 2.38. The van der Waals surface area contributed by atoms with E-state index >= 15 is 0 Å². The summed E-state index contributed by atoms with van der Waals surface area (Å²) in [5, 5.41) is 16.3. The number of anilines is 1. The number of nitrogens with zero attached hydrogens (tertiary/aromatic N) is 1. The molecule has 7 nitrogen and oxygen atoms in total. The van der Waals surface area contributed by atoms with Gasteiger partial charge in [-0.15, -0.1) is 0 Å². The quantitative estimate of drug-likeness (QED) is 0.649. The number of carbonyl (C=O) groups excluding carboxylic acids is 1. The lowest BCUT2D eigenvalue weighted by Crippen LogP contribution is -2.28. The van der Waals surface area contributed by atoms with Crippen molar-refractivity contribution in [3.05, 3.63) is 29.3 Å². The number of rotatable bonds is 5. The molecule has 156 valence electrons. The summed E-state index contributed by atoms with van der Waals surface area (Å²) in [4.78, 5) is 33.9. The van der Waals surface area contributed by atoms with Gasteiger partial charge in [0.2, 0.25) is 5.91 Å². The lowest BCUT2D eigenvalue weighted by Gasteiger charge is -2.20. The number of carboxylic acids is 2. The molecule has 1 aromatic carbocycles. The van der Waals surface area contributed by atoms with Crippen molar-refractivity contribution in [2.45, 2.75) is 44.8 Å². The predicted octanol–water partition coefficient (Wildman–Crippen LogP) is 3.14. The molecule has 1 aromatic rings. The summed E-state index contributed by atoms with van der Waals surface area (Å²) in [5.74, 6) is -3.20. The van der Waals surface area contributed by atoms with Crippen LogP contribution in [0.4, 0.5) is 18.9 Å². The lowest BCUT2D eigenvalue weighted by atomic mass is 10.0. The van der Waals surface area contributed by atoms with Crippen molar-refractivity contribution in [1.82, 2.24) is 4.90 Å². The predicted molar refractivity (Wildman–Crippen MR) is 94.6 cm³/mol. The molecule has 4 N–H and O–H groups in total. The molecule has 1 saturated carbocycles. The Morgan fingerprint density at radius 1 is 1.18 bits per heavy atom. The summed E-state index contributed by atoms with van der Waals surface area (Å²) in [6, 6.07) is 4.68. The average molecular weight is 404 g/mol. The van der Waals surface area contributed by atoms with Gasteiger partial charge in [0.25, 0.3) is 0 Å². The van der Waals surface area contributed by atoms with Gasteiger partial charge in [0.15, 0.2) is 0 Å². The van der Waals surface area contributed by atoms with Crippen LogP contribution in [0.3, 0.4) is 0 Å². The van der Waals surface area contributed by atoms with Crippen LogP contribution in [0.1, 0.15) is 48.0 Å². The van der Waals surface area contributed by atoms with Gasteiger partial charge in [-0.3, -0.25) is 4.79 Å². The van der Waals surface area contributed by atoms with Gasteiger partial charge in [-0.25, -0.2) is 9.59 Å². The zero-order chi connectivity index (χ0) is 21.5. The number of hydrogen-bond donors (Lipinski definition) is 3. The molecule has 0 spiro atoms. The molecule has 0 aliphatic heterocycles. The summed E-state index contributed by atoms with van der Waals surface area (Å²) in [7, 11) is 1.71. The number of benzene rings is 1. The first-order valence-corrected chi connectivity index (χ1v) is 8.57. The molecule has 0 saturated heterocycles. The fraction of sp³-hybridized carbons (Fsp3) is 0.500. The Kier molecular flexibility index (Phi) is 8.27. The van der Waals surface area contributed by atoms with Crippen molar-refractivity contribution in [2.75, 3.05) is 12.8 Å². The van der Waals surface area contributed by atoms with Gasteiger partial charge in [0.05, 0.1) is 5.56 Å². The van der Waals surface area contributed by atoms with Crippen LogP contribution in [0, 0.1) is 5.92 Å². The van der Waals surface area contributed by atoms with Crippen molar-refractivity contribution in [3.63, 3.8) is 0 Å². The Hall–Kier alpha value is -2.78. The maximum absolute atomic E-state index is 12.2. The number of carboxylic acid groups (broad SMARTS) is 2. The van der Waals surface area contributed by atoms with Crippen LogP contribution in [0.15, 0.2) is 18.2 Å². The molecule has 1 aliphatic carbocycles. The summed E-state index contributed by atoms with van der Waals surface area (Å²) in [5.41, 5.74) is 6.99. The van der Waals surface area contributed by atoms with Crippen LogP contribution < -0.4 is 5.73 Å². The van der Waals surface area contributed by atoms with Gasteiger partial charge in [-0.05, 0) is 42.5 Å². The fourth-order valence-corrected chi connectivity index (χ4v) is 2.91. The van der Waals surface area contributed by atoms with Crippen molar-refractivity contribution in [2.24, 2.45) is 5.92 Å². The number of hydrogen-bond acceptors (Lipinski definition) is 4. The zero-order valence-electron chi connectivity index (χ0n) is 15.3. The first-order valence-electron chi connectivity index (χ1n) is 8.57. The molecule has 0 bridgehead atoms. The van der Waals surface area contributed by atoms with E-state index in [2.05, 4.69) is 0 Å². The van der Waals surface area contributed by atoms with Gasteiger partial charge >= 0.3 is 18.1 Å². The van der Waals surface area contributed by atoms with E-state index in [4.69, 9.17) is 15.6 Å². The number of nitrogens with two attached hydrogens (primary N) is 1. The molecule has 1 fully saturated rings. The van der Waals surface area contributed by atoms with Crippen LogP contribution in [0.2, 0.25) is 0 Å². The highest BCUT2D eigenvalue weighted by molar-refractivity contribution is 5.90. The topological polar surface area (TPSA) is 121 Å². The van der Waals surface area contributed by atoms with Gasteiger partial charge < -0.3 is 20.8 Å². The third-order valence-electron chi connectivity index (χ3n) is 4.37. The van der Waals surface area contributed by atoms with E-state index in [0.717, 1.165) is 12.8 Å². The van der Waals surface area contributed by atoms with E-state index in [1.54, 1.807) is 24.1 Å². The van der Waals surface area contributed by atoms with Gasteiger partial charge in [-0.1, -0.05) is 12.8 Å². The first-order chi connectivity index (χ1) is 12.9. The normalized spacial score (nSPS) is 14.1. The molecule has 1 amide bonds. The van der Waals surface area contributed by atoms with E-state index in [9.17, 15) is 27.9 Å². The molecule has 2 rings (SSSR count). The van der Waals surface area contributed by atoms with Crippen molar-refractivity contribution in [3.8, 4) is 0 Å². The van der Waals surface area contributed by atoms with Crippen LogP contribution >= 0.6 is 0 Å². The molecule has 0 unspecified atom stereocenters. The van der Waals surface area contributed by atoms with E-state index in [1.165, 1.54) is 18.9 Å². The molecule has 0 aromatic heterocycles. The minimum Gasteiger partial charge on any atom is -0.478 e. The number of carbonyl (C=O) groups is 3. The second kappa shape index (κ2) is 9.95. The van der Waals surface area contributed by atoms with Crippen LogP contribution in [-0.4, -0.2) is 46.2 Å². The van der Waals surface area contributed by atoms with E-state index in [0.29, 0.717) is 23.6 Å². The molecule has 0 heterocycles. The zero-order valence-corrected chi connectivity index (χ0v) is 15.3. The summed E-state index contributed by atoms with van der Waals surface area (Å²) < 4.78 is 31.7. The number of alkyl halides is 3. The van der Waals surface area contributed by atoms with Gasteiger partial charge in [0, 0.05) is 25.7 Å². The standard InChI is InChI=1S/C16H22N2O3.C2HF3O2/c1-18(15(19)8-11-4-2-3-5-11)10-12-9-13(17)6-7-14(12)16(20)21;3-2(4,5)1(6)7/h6-7,9,11H,2-5,8,10,17H2,1H3,(H,20,21);(H,6,7). The van der Waals surface area contributed by atoms with Crippen molar-refractivity contribution < 1.29 is 37.8 Å². The van der Waals surface area contributed by atoms with E-state index in [1.807, 2.05) is 0 Å². The lowest BCUT2D eigenvalue weighted by molar-refractivity contribution is -0.192. The van der Waals surface area contributed by atoms with E-state index in [-0.39, 0.29) is 18.0 Å². The molecule has 10 heteroatoms. The minimum absolute atomic E-state index is 0.0701. The largest absolute Gasteiger partial charge is 0.490 e. The summed E-state index contributed by atoms with van der Waals surface area (Å²) in [6.45, 7) is 0.276. The molecular formula is C18H23F3N2O5. The first kappa shape index (κ1) is 23.3. The molecule has 28 heavy (non-hydrogen) atoms. The van der Waals surface area contributed by atoms with Crippen LogP contribution in [0.25, 0.3) is 0 Å². The monoisotopic (exact) mass is 404 g/mol. The third-order valence-corrected chi connectivity index (χ3v) is 4.37. The Labute approximate surface area is 159 Å². The average Bonchev–Trinajstić information content (AvgIpc) is 3.07. The maximum atomic E-state index is 12.2. The maximum Gasteiger partial charge on any atom is 0.490 e. The van der Waals surface area contributed by atoms with Crippen LogP contribution in [0.5, 0.6) is 0 Å². The number of aromatic carboxylic acids is 1. The Morgan fingerprint density at radius 3 is 2.18 bits per heavy atom. The highest BCUT2D eigenvalue weighted by Crippen LogP contribution is 2.28. The number of aliphatic carboxylic acids is 1. The van der Waals surface area contributed by atoms with Gasteiger partial charge in [0.1, 0.15) is 0 Å². The second-order valence-electron chi connectivity index (χ2n) is 6.63. The molecule has 0 radical (unpaired) electrons. The second-order valence-corrected chi connectivity index (χ2v) is 6.63. The SMILES string of the molecule is CN(Cc1cc(N)ccc1C(=O)O)C(=O)CC1CCCC1.O=C(O)C(F)(F)F. The number of halogens is 3. The Morgan fingerprint density at radius 2 is 1.71 bits per heavy atom. The Balaban J connectivity index is 0.000000480. The highest BCUT2D eigenvalue weighted by atomic mass is 19.4. The summed E-state index contributed by atoms with van der Waals surface area (Å²) in [6.07, 6.45) is 0.137. The van der Waals surface area contributed by atoms with Crippen molar-refractivity contribution >= 4 is 23.5 Å². The molecular weight excluding hydrogens is 381 g/mol. The molecule has 0 atom stereocenters. The third kappa shape index (κ3) is 7.45. The minimum atomic E-state index is -5.08. The number of amides is 1. The van der Waals surface area contributed by atoms with Gasteiger partial charge in [-0.2, -0.15) is 13.2 Å². The van der Waals surface area contributed by atoms with E-state index < -0.39 is 18.1 Å². The molecule has 1 aliphatic rings. The van der Waals surface area contributed by atoms with Crippen molar-refractivity contribution in [1.29, 1.82) is 0 Å². The smallest absolute Gasteiger partial charge is 0.478 e. The summed E-state index contributed by atoms with van der Waals surface area (Å²) >= 11 is 0. The Bertz CT molecular complexity index is 716. The van der Waals surface area contributed by atoms with Crippen LogP contribution in [-0.2, 0) is 16.1 Å². The number of nitrogen functional groups attached to an aromatic ring is 1.